The second-order valence-corrected chi connectivity index (χ2v) is 6.20. The molecule has 6 nitrogen and oxygen atoms in total. The number of carbonyl (C=O) groups is 2. The molecule has 130 valence electrons. The highest BCUT2D eigenvalue weighted by Crippen LogP contribution is 2.19. The normalized spacial score (nSPS) is 13.6. The molecule has 1 aliphatic rings. The number of benzene rings is 1. The van der Waals surface area contributed by atoms with Gasteiger partial charge >= 0.3 is 0 Å². The van der Waals surface area contributed by atoms with Gasteiger partial charge in [-0.2, -0.15) is 0 Å². The Balaban J connectivity index is 1.54. The number of nitrogens with zero attached hydrogens (tertiary/aromatic N) is 2. The average molecular weight is 338 g/mol. The lowest BCUT2D eigenvalue weighted by atomic mass is 10.1. The third kappa shape index (κ3) is 4.79. The van der Waals surface area contributed by atoms with E-state index in [1.807, 2.05) is 24.3 Å². The SMILES string of the molecule is CC(=O)Nc1ccc(CC(=O)Nc2ccc(N3CCCC3)nc2)cc1. The van der Waals surface area contributed by atoms with Crippen molar-refractivity contribution in [2.45, 2.75) is 26.2 Å². The van der Waals surface area contributed by atoms with E-state index in [2.05, 4.69) is 20.5 Å². The fourth-order valence-electron chi connectivity index (χ4n) is 2.89. The Morgan fingerprint density at radius 1 is 1.00 bits per heavy atom. The molecule has 1 saturated heterocycles. The number of carbonyl (C=O) groups excluding carboxylic acids is 2. The van der Waals surface area contributed by atoms with Gasteiger partial charge in [0.05, 0.1) is 18.3 Å². The largest absolute Gasteiger partial charge is 0.357 e. The van der Waals surface area contributed by atoms with Crippen molar-refractivity contribution in [3.05, 3.63) is 48.2 Å². The van der Waals surface area contributed by atoms with Crippen molar-refractivity contribution < 1.29 is 9.59 Å². The number of amides is 2. The molecule has 0 radical (unpaired) electrons. The minimum Gasteiger partial charge on any atom is -0.357 e. The Hall–Kier alpha value is -2.89. The topological polar surface area (TPSA) is 74.3 Å². The first kappa shape index (κ1) is 17.0. The van der Waals surface area contributed by atoms with Crippen LogP contribution >= 0.6 is 0 Å². The van der Waals surface area contributed by atoms with Crippen LogP contribution in [0.25, 0.3) is 0 Å². The van der Waals surface area contributed by atoms with Crippen molar-refractivity contribution in [3.63, 3.8) is 0 Å². The molecule has 6 heteroatoms. The summed E-state index contributed by atoms with van der Waals surface area (Å²) in [6.45, 7) is 3.56. The molecule has 0 bridgehead atoms. The number of nitrogens with one attached hydrogen (secondary N) is 2. The molecule has 2 N–H and O–H groups in total. The molecule has 0 saturated carbocycles. The van der Waals surface area contributed by atoms with Crippen molar-refractivity contribution in [1.29, 1.82) is 0 Å². The summed E-state index contributed by atoms with van der Waals surface area (Å²) in [5.41, 5.74) is 2.30. The molecule has 0 aliphatic carbocycles. The number of rotatable bonds is 5. The Bertz CT molecular complexity index is 735. The van der Waals surface area contributed by atoms with E-state index in [1.54, 1.807) is 18.3 Å². The van der Waals surface area contributed by atoms with Crippen LogP contribution in [0.1, 0.15) is 25.3 Å². The number of hydrogen-bond acceptors (Lipinski definition) is 4. The summed E-state index contributed by atoms with van der Waals surface area (Å²) >= 11 is 0. The molecule has 1 aromatic carbocycles. The van der Waals surface area contributed by atoms with Crippen LogP contribution in [-0.4, -0.2) is 29.9 Å². The van der Waals surface area contributed by atoms with Crippen LogP contribution in [0.15, 0.2) is 42.6 Å². The first-order chi connectivity index (χ1) is 12.1. The molecular weight excluding hydrogens is 316 g/mol. The van der Waals surface area contributed by atoms with Gasteiger partial charge in [0.15, 0.2) is 0 Å². The second kappa shape index (κ2) is 7.79. The molecule has 2 heterocycles. The lowest BCUT2D eigenvalue weighted by molar-refractivity contribution is -0.116. The van der Waals surface area contributed by atoms with Gasteiger partial charge in [0.2, 0.25) is 11.8 Å². The van der Waals surface area contributed by atoms with Crippen molar-refractivity contribution in [2.75, 3.05) is 28.6 Å². The van der Waals surface area contributed by atoms with Gasteiger partial charge in [-0.1, -0.05) is 12.1 Å². The Kier molecular flexibility index (Phi) is 5.28. The maximum atomic E-state index is 12.2. The second-order valence-electron chi connectivity index (χ2n) is 6.20. The van der Waals surface area contributed by atoms with Crippen molar-refractivity contribution in [2.24, 2.45) is 0 Å². The first-order valence-corrected chi connectivity index (χ1v) is 8.47. The van der Waals surface area contributed by atoms with Crippen LogP contribution in [0.4, 0.5) is 17.2 Å². The van der Waals surface area contributed by atoms with Crippen LogP contribution in [0.3, 0.4) is 0 Å². The highest BCUT2D eigenvalue weighted by Gasteiger charge is 2.13. The van der Waals surface area contributed by atoms with Gasteiger partial charge in [0.1, 0.15) is 5.82 Å². The standard InChI is InChI=1S/C19H22N4O2/c1-14(24)21-16-6-4-15(5-7-16)12-19(25)22-17-8-9-18(20-13-17)23-10-2-3-11-23/h4-9,13H,2-3,10-12H2,1H3,(H,21,24)(H,22,25). The summed E-state index contributed by atoms with van der Waals surface area (Å²) in [6.07, 6.45) is 4.39. The smallest absolute Gasteiger partial charge is 0.228 e. The zero-order valence-electron chi connectivity index (χ0n) is 14.3. The minimum absolute atomic E-state index is 0.0944. The van der Waals surface area contributed by atoms with Gasteiger partial charge in [-0.15, -0.1) is 0 Å². The van der Waals surface area contributed by atoms with Gasteiger partial charge in [-0.3, -0.25) is 9.59 Å². The quantitative estimate of drug-likeness (QED) is 0.879. The molecule has 0 unspecified atom stereocenters. The summed E-state index contributed by atoms with van der Waals surface area (Å²) in [5.74, 6) is 0.752. The summed E-state index contributed by atoms with van der Waals surface area (Å²) < 4.78 is 0. The van der Waals surface area contributed by atoms with Crippen molar-refractivity contribution in [3.8, 4) is 0 Å². The van der Waals surface area contributed by atoms with E-state index in [1.165, 1.54) is 19.8 Å². The van der Waals surface area contributed by atoms with Gasteiger partial charge in [0.25, 0.3) is 0 Å². The lowest BCUT2D eigenvalue weighted by Gasteiger charge is -2.16. The summed E-state index contributed by atoms with van der Waals surface area (Å²) in [5, 5.41) is 5.57. The summed E-state index contributed by atoms with van der Waals surface area (Å²) in [6, 6.07) is 11.1. The van der Waals surface area contributed by atoms with Crippen molar-refractivity contribution >= 4 is 29.0 Å². The molecular formula is C19H22N4O2. The van der Waals surface area contributed by atoms with E-state index < -0.39 is 0 Å². The Morgan fingerprint density at radius 2 is 1.68 bits per heavy atom. The van der Waals surface area contributed by atoms with Crippen LogP contribution in [0.5, 0.6) is 0 Å². The lowest BCUT2D eigenvalue weighted by Crippen LogP contribution is -2.19. The van der Waals surface area contributed by atoms with E-state index in [4.69, 9.17) is 0 Å². The van der Waals surface area contributed by atoms with E-state index in [0.29, 0.717) is 5.69 Å². The zero-order valence-corrected chi connectivity index (χ0v) is 14.3. The number of hydrogen-bond donors (Lipinski definition) is 2. The third-order valence-corrected chi connectivity index (χ3v) is 4.10. The number of anilines is 3. The van der Waals surface area contributed by atoms with Crippen LogP contribution < -0.4 is 15.5 Å². The summed E-state index contributed by atoms with van der Waals surface area (Å²) in [4.78, 5) is 29.9. The molecule has 2 amide bonds. The fraction of sp³-hybridized carbons (Fsp3) is 0.316. The molecule has 0 spiro atoms. The van der Waals surface area contributed by atoms with Crippen LogP contribution in [0.2, 0.25) is 0 Å². The number of aromatic nitrogens is 1. The van der Waals surface area contributed by atoms with Gasteiger partial charge in [0, 0.05) is 25.7 Å². The van der Waals surface area contributed by atoms with Gasteiger partial charge in [-0.25, -0.2) is 4.98 Å². The monoisotopic (exact) mass is 338 g/mol. The molecule has 25 heavy (non-hydrogen) atoms. The Morgan fingerprint density at radius 3 is 2.28 bits per heavy atom. The third-order valence-electron chi connectivity index (χ3n) is 4.10. The maximum absolute atomic E-state index is 12.2. The average Bonchev–Trinajstić information content (AvgIpc) is 3.11. The molecule has 2 aromatic rings. The Labute approximate surface area is 147 Å². The van der Waals surface area contributed by atoms with E-state index in [9.17, 15) is 9.59 Å². The molecule has 0 atom stereocenters. The predicted octanol–water partition coefficient (Wildman–Crippen LogP) is 2.82. The highest BCUT2D eigenvalue weighted by atomic mass is 16.2. The van der Waals surface area contributed by atoms with E-state index in [0.717, 1.165) is 30.2 Å². The fourth-order valence-corrected chi connectivity index (χ4v) is 2.89. The van der Waals surface area contributed by atoms with Crippen LogP contribution in [-0.2, 0) is 16.0 Å². The molecule has 1 fully saturated rings. The highest BCUT2D eigenvalue weighted by molar-refractivity contribution is 5.92. The minimum atomic E-state index is -0.115. The van der Waals surface area contributed by atoms with Crippen LogP contribution in [0, 0.1) is 0 Å². The molecule has 1 aliphatic heterocycles. The van der Waals surface area contributed by atoms with E-state index in [-0.39, 0.29) is 18.2 Å². The molecule has 3 rings (SSSR count). The van der Waals surface area contributed by atoms with Gasteiger partial charge in [-0.05, 0) is 42.7 Å². The zero-order chi connectivity index (χ0) is 17.6. The molecule has 1 aromatic heterocycles. The first-order valence-electron chi connectivity index (χ1n) is 8.47. The predicted molar refractivity (Wildman–Crippen MR) is 98.8 cm³/mol. The van der Waals surface area contributed by atoms with E-state index >= 15 is 0 Å². The van der Waals surface area contributed by atoms with Gasteiger partial charge < -0.3 is 15.5 Å². The van der Waals surface area contributed by atoms with Crippen molar-refractivity contribution in [1.82, 2.24) is 4.98 Å². The summed E-state index contributed by atoms with van der Waals surface area (Å²) in [7, 11) is 0. The number of pyridine rings is 1. The maximum Gasteiger partial charge on any atom is 0.228 e.